The molecule has 1 unspecified atom stereocenters. The summed E-state index contributed by atoms with van der Waals surface area (Å²) in [5, 5.41) is 12.9. The van der Waals surface area contributed by atoms with Gasteiger partial charge in [-0.05, 0) is 26.3 Å². The van der Waals surface area contributed by atoms with Crippen LogP contribution in [0.25, 0.3) is 0 Å². The van der Waals surface area contributed by atoms with Crippen molar-refractivity contribution in [3.8, 4) is 0 Å². The zero-order chi connectivity index (χ0) is 12.7. The fraction of sp³-hybridized carbons (Fsp3) is 1.00. The number of hydrogen-bond acceptors (Lipinski definition) is 4. The number of aliphatic hydroxyl groups is 1. The van der Waals surface area contributed by atoms with Crippen LogP contribution >= 0.6 is 0 Å². The van der Waals surface area contributed by atoms with Gasteiger partial charge in [-0.2, -0.15) is 0 Å². The van der Waals surface area contributed by atoms with Crippen LogP contribution in [0.5, 0.6) is 0 Å². The molecule has 1 aliphatic heterocycles. The van der Waals surface area contributed by atoms with E-state index in [0.717, 1.165) is 45.7 Å². The summed E-state index contributed by atoms with van der Waals surface area (Å²) in [5.41, 5.74) is -0.138. The van der Waals surface area contributed by atoms with E-state index in [1.165, 1.54) is 0 Å². The molecule has 0 spiro atoms. The lowest BCUT2D eigenvalue weighted by Gasteiger charge is -2.33. The standard InChI is InChI=1S/C13H28N2O2/c1-12(2)14-13(3,11-16)5-4-6-15-7-9-17-10-8-15/h12,14,16H,4-11H2,1-3H3. The van der Waals surface area contributed by atoms with E-state index >= 15 is 0 Å². The topological polar surface area (TPSA) is 44.7 Å². The summed E-state index contributed by atoms with van der Waals surface area (Å²) in [6, 6.07) is 0.413. The third-order valence-electron chi connectivity index (χ3n) is 3.29. The van der Waals surface area contributed by atoms with Crippen molar-refractivity contribution in [2.75, 3.05) is 39.5 Å². The van der Waals surface area contributed by atoms with E-state index in [9.17, 15) is 5.11 Å². The smallest absolute Gasteiger partial charge is 0.0610 e. The number of rotatable bonds is 7. The lowest BCUT2D eigenvalue weighted by Crippen LogP contribution is -2.49. The summed E-state index contributed by atoms with van der Waals surface area (Å²) in [7, 11) is 0. The SMILES string of the molecule is CC(C)NC(C)(CO)CCCN1CCOCC1. The molecule has 1 saturated heterocycles. The minimum atomic E-state index is -0.138. The van der Waals surface area contributed by atoms with Gasteiger partial charge in [-0.25, -0.2) is 0 Å². The predicted octanol–water partition coefficient (Wildman–Crippen LogP) is 0.848. The Balaban J connectivity index is 2.22. The monoisotopic (exact) mass is 244 g/mol. The lowest BCUT2D eigenvalue weighted by molar-refractivity contribution is 0.0353. The van der Waals surface area contributed by atoms with Crippen molar-refractivity contribution in [3.05, 3.63) is 0 Å². The van der Waals surface area contributed by atoms with E-state index in [1.807, 2.05) is 0 Å². The van der Waals surface area contributed by atoms with Crippen LogP contribution in [-0.2, 0) is 4.74 Å². The number of ether oxygens (including phenoxy) is 1. The second-order valence-electron chi connectivity index (χ2n) is 5.58. The van der Waals surface area contributed by atoms with Gasteiger partial charge in [-0.15, -0.1) is 0 Å². The second-order valence-corrected chi connectivity index (χ2v) is 5.58. The average molecular weight is 244 g/mol. The van der Waals surface area contributed by atoms with Gasteiger partial charge in [0, 0.05) is 24.7 Å². The third kappa shape index (κ3) is 5.82. The average Bonchev–Trinajstić information content (AvgIpc) is 2.29. The molecule has 0 aromatic carbocycles. The highest BCUT2D eigenvalue weighted by atomic mass is 16.5. The van der Waals surface area contributed by atoms with Crippen LogP contribution in [-0.4, -0.2) is 61.0 Å². The zero-order valence-electron chi connectivity index (χ0n) is 11.5. The van der Waals surface area contributed by atoms with Gasteiger partial charge in [0.1, 0.15) is 0 Å². The van der Waals surface area contributed by atoms with Gasteiger partial charge in [0.05, 0.1) is 19.8 Å². The van der Waals surface area contributed by atoms with E-state index in [2.05, 4.69) is 31.0 Å². The van der Waals surface area contributed by atoms with Gasteiger partial charge in [0.2, 0.25) is 0 Å². The first kappa shape index (κ1) is 14.9. The number of hydrogen-bond donors (Lipinski definition) is 2. The molecule has 2 N–H and O–H groups in total. The Kier molecular flexibility index (Phi) is 6.41. The molecule has 4 nitrogen and oxygen atoms in total. The van der Waals surface area contributed by atoms with Gasteiger partial charge in [-0.3, -0.25) is 4.90 Å². The summed E-state index contributed by atoms with van der Waals surface area (Å²) < 4.78 is 5.33. The van der Waals surface area contributed by atoms with E-state index < -0.39 is 0 Å². The van der Waals surface area contributed by atoms with Crippen LogP contribution < -0.4 is 5.32 Å². The van der Waals surface area contributed by atoms with Crippen LogP contribution in [0.1, 0.15) is 33.6 Å². The molecule has 0 amide bonds. The molecule has 0 saturated carbocycles. The molecular formula is C13H28N2O2. The van der Waals surface area contributed by atoms with Crippen molar-refractivity contribution in [2.45, 2.75) is 45.2 Å². The maximum Gasteiger partial charge on any atom is 0.0610 e. The van der Waals surface area contributed by atoms with Crippen molar-refractivity contribution in [1.82, 2.24) is 10.2 Å². The number of nitrogens with zero attached hydrogens (tertiary/aromatic N) is 1. The minimum absolute atomic E-state index is 0.138. The molecule has 4 heteroatoms. The highest BCUT2D eigenvalue weighted by Gasteiger charge is 2.23. The van der Waals surface area contributed by atoms with Crippen molar-refractivity contribution in [2.24, 2.45) is 0 Å². The summed E-state index contributed by atoms with van der Waals surface area (Å²) in [4.78, 5) is 2.44. The Bertz CT molecular complexity index is 206. The number of morpholine rings is 1. The van der Waals surface area contributed by atoms with Crippen LogP contribution in [0.2, 0.25) is 0 Å². The molecule has 0 aliphatic carbocycles. The summed E-state index contributed by atoms with van der Waals surface area (Å²) in [6.07, 6.45) is 2.13. The largest absolute Gasteiger partial charge is 0.394 e. The summed E-state index contributed by atoms with van der Waals surface area (Å²) >= 11 is 0. The Morgan fingerprint density at radius 3 is 2.53 bits per heavy atom. The molecule has 102 valence electrons. The number of nitrogens with one attached hydrogen (secondary N) is 1. The van der Waals surface area contributed by atoms with Crippen molar-refractivity contribution < 1.29 is 9.84 Å². The minimum Gasteiger partial charge on any atom is -0.394 e. The fourth-order valence-corrected chi connectivity index (χ4v) is 2.41. The van der Waals surface area contributed by atoms with Crippen LogP contribution in [0.15, 0.2) is 0 Å². The van der Waals surface area contributed by atoms with Gasteiger partial charge in [0.15, 0.2) is 0 Å². The van der Waals surface area contributed by atoms with E-state index in [0.29, 0.717) is 6.04 Å². The Labute approximate surface area is 105 Å². The van der Waals surface area contributed by atoms with Gasteiger partial charge in [-0.1, -0.05) is 13.8 Å². The Morgan fingerprint density at radius 1 is 1.35 bits per heavy atom. The fourth-order valence-electron chi connectivity index (χ4n) is 2.41. The molecule has 1 rings (SSSR count). The lowest BCUT2D eigenvalue weighted by atomic mass is 9.95. The third-order valence-corrected chi connectivity index (χ3v) is 3.29. The molecule has 0 radical (unpaired) electrons. The maximum absolute atomic E-state index is 9.48. The van der Waals surface area contributed by atoms with Crippen molar-refractivity contribution >= 4 is 0 Å². The molecule has 1 heterocycles. The first-order chi connectivity index (χ1) is 8.06. The maximum atomic E-state index is 9.48. The normalized spacial score (nSPS) is 21.7. The highest BCUT2D eigenvalue weighted by molar-refractivity contribution is 4.84. The molecule has 1 fully saturated rings. The summed E-state index contributed by atoms with van der Waals surface area (Å²) in [6.45, 7) is 11.5. The van der Waals surface area contributed by atoms with Crippen LogP contribution in [0.4, 0.5) is 0 Å². The molecule has 1 atom stereocenters. The van der Waals surface area contributed by atoms with Gasteiger partial charge >= 0.3 is 0 Å². The molecule has 17 heavy (non-hydrogen) atoms. The summed E-state index contributed by atoms with van der Waals surface area (Å²) in [5.74, 6) is 0. The van der Waals surface area contributed by atoms with Crippen LogP contribution in [0.3, 0.4) is 0 Å². The first-order valence-corrected chi connectivity index (χ1v) is 6.74. The molecular weight excluding hydrogens is 216 g/mol. The Hall–Kier alpha value is -0.160. The molecule has 1 aliphatic rings. The molecule has 0 bridgehead atoms. The second kappa shape index (κ2) is 7.31. The van der Waals surface area contributed by atoms with Gasteiger partial charge < -0.3 is 15.2 Å². The molecule has 0 aromatic rings. The predicted molar refractivity (Wildman–Crippen MR) is 70.3 cm³/mol. The zero-order valence-corrected chi connectivity index (χ0v) is 11.5. The van der Waals surface area contributed by atoms with Crippen molar-refractivity contribution in [3.63, 3.8) is 0 Å². The first-order valence-electron chi connectivity index (χ1n) is 6.74. The number of aliphatic hydroxyl groups excluding tert-OH is 1. The van der Waals surface area contributed by atoms with E-state index in [-0.39, 0.29) is 12.1 Å². The molecule has 0 aromatic heterocycles. The quantitative estimate of drug-likeness (QED) is 0.697. The van der Waals surface area contributed by atoms with Gasteiger partial charge in [0.25, 0.3) is 0 Å². The Morgan fingerprint density at radius 2 is 2.00 bits per heavy atom. The highest BCUT2D eigenvalue weighted by Crippen LogP contribution is 2.13. The van der Waals surface area contributed by atoms with Crippen molar-refractivity contribution in [1.29, 1.82) is 0 Å². The van der Waals surface area contributed by atoms with E-state index in [1.54, 1.807) is 0 Å². The van der Waals surface area contributed by atoms with E-state index in [4.69, 9.17) is 4.74 Å². The van der Waals surface area contributed by atoms with Crippen LogP contribution in [0, 0.1) is 0 Å².